The average Bonchev–Trinajstić information content (AvgIpc) is 2.76. The van der Waals surface area contributed by atoms with Gasteiger partial charge in [-0.15, -0.1) is 0 Å². The first-order valence-corrected chi connectivity index (χ1v) is 5.60. The van der Waals surface area contributed by atoms with E-state index in [0.717, 1.165) is 19.0 Å². The monoisotopic (exact) mass is 265 g/mol. The van der Waals surface area contributed by atoms with Gasteiger partial charge < -0.3 is 9.64 Å². The van der Waals surface area contributed by atoms with E-state index in [4.69, 9.17) is 0 Å². The van der Waals surface area contributed by atoms with Crippen LogP contribution >= 0.6 is 0 Å². The van der Waals surface area contributed by atoms with Crippen molar-refractivity contribution < 1.29 is 27.5 Å². The Hall–Kier alpha value is -1.53. The Morgan fingerprint density at radius 1 is 1.28 bits per heavy atom. The molecule has 0 spiro atoms. The Morgan fingerprint density at radius 3 is 2.28 bits per heavy atom. The second-order valence-corrected chi connectivity index (χ2v) is 3.83. The number of rotatable bonds is 4. The second-order valence-electron chi connectivity index (χ2n) is 3.83. The molecular formula is C11H14F3NO3. The molecule has 0 amide bonds. The zero-order chi connectivity index (χ0) is 13.8. The van der Waals surface area contributed by atoms with Crippen LogP contribution in [0.1, 0.15) is 19.8 Å². The van der Waals surface area contributed by atoms with Gasteiger partial charge in [0.15, 0.2) is 0 Å². The Labute approximate surface area is 102 Å². The predicted molar refractivity (Wildman–Crippen MR) is 56.6 cm³/mol. The molecule has 7 heteroatoms. The van der Waals surface area contributed by atoms with Gasteiger partial charge in [-0.25, -0.2) is 4.79 Å². The first-order valence-electron chi connectivity index (χ1n) is 5.60. The maximum Gasteiger partial charge on any atom is 0.455 e. The standard InChI is InChI=1S/C11H14F3NO3/c1-2-18-10(17)8(9(16)11(12,13)14)7-15-5-3-4-6-15/h7H,2-6H2,1H3/b8-7-. The van der Waals surface area contributed by atoms with Crippen molar-refractivity contribution in [1.29, 1.82) is 0 Å². The van der Waals surface area contributed by atoms with Crippen molar-refractivity contribution in [3.63, 3.8) is 0 Å². The van der Waals surface area contributed by atoms with Crippen LogP contribution in [0.2, 0.25) is 0 Å². The summed E-state index contributed by atoms with van der Waals surface area (Å²) in [5.74, 6) is -3.39. The molecule has 0 aromatic heterocycles. The summed E-state index contributed by atoms with van der Waals surface area (Å²) in [5, 5.41) is 0. The van der Waals surface area contributed by atoms with Crippen molar-refractivity contribution in [3.05, 3.63) is 11.8 Å². The zero-order valence-corrected chi connectivity index (χ0v) is 9.92. The molecule has 4 nitrogen and oxygen atoms in total. The summed E-state index contributed by atoms with van der Waals surface area (Å²) in [7, 11) is 0. The minimum atomic E-state index is -5.07. The largest absolute Gasteiger partial charge is 0.462 e. The highest BCUT2D eigenvalue weighted by atomic mass is 19.4. The van der Waals surface area contributed by atoms with E-state index in [-0.39, 0.29) is 6.61 Å². The molecule has 0 aliphatic carbocycles. The fourth-order valence-corrected chi connectivity index (χ4v) is 1.62. The van der Waals surface area contributed by atoms with Gasteiger partial charge in [-0.2, -0.15) is 13.2 Å². The first-order chi connectivity index (χ1) is 8.36. The lowest BCUT2D eigenvalue weighted by Gasteiger charge is -2.15. The van der Waals surface area contributed by atoms with E-state index in [0.29, 0.717) is 13.1 Å². The van der Waals surface area contributed by atoms with Gasteiger partial charge in [-0.1, -0.05) is 0 Å². The van der Waals surface area contributed by atoms with Gasteiger partial charge >= 0.3 is 12.1 Å². The van der Waals surface area contributed by atoms with Crippen LogP contribution in [0.3, 0.4) is 0 Å². The Bertz CT molecular complexity index is 357. The molecule has 0 unspecified atom stereocenters. The number of nitrogens with zero attached hydrogens (tertiary/aromatic N) is 1. The van der Waals surface area contributed by atoms with Crippen LogP contribution in [0.25, 0.3) is 0 Å². The zero-order valence-electron chi connectivity index (χ0n) is 9.92. The van der Waals surface area contributed by atoms with Crippen LogP contribution in [-0.4, -0.2) is 42.5 Å². The summed E-state index contributed by atoms with van der Waals surface area (Å²) in [5.41, 5.74) is -0.953. The molecule has 0 N–H and O–H groups in total. The van der Waals surface area contributed by atoms with Gasteiger partial charge in [0, 0.05) is 19.3 Å². The highest BCUT2D eigenvalue weighted by molar-refractivity contribution is 6.19. The molecule has 18 heavy (non-hydrogen) atoms. The highest BCUT2D eigenvalue weighted by Crippen LogP contribution is 2.22. The van der Waals surface area contributed by atoms with Crippen molar-refractivity contribution in [2.24, 2.45) is 0 Å². The van der Waals surface area contributed by atoms with Gasteiger partial charge in [0.1, 0.15) is 5.57 Å². The third-order valence-corrected chi connectivity index (χ3v) is 2.45. The van der Waals surface area contributed by atoms with Gasteiger partial charge in [0.2, 0.25) is 0 Å². The molecule has 1 heterocycles. The van der Waals surface area contributed by atoms with E-state index in [1.165, 1.54) is 11.8 Å². The molecule has 0 aromatic carbocycles. The number of alkyl halides is 3. The smallest absolute Gasteiger partial charge is 0.455 e. The van der Waals surface area contributed by atoms with Crippen LogP contribution in [-0.2, 0) is 14.3 Å². The topological polar surface area (TPSA) is 46.6 Å². The maximum absolute atomic E-state index is 12.4. The van der Waals surface area contributed by atoms with E-state index >= 15 is 0 Å². The van der Waals surface area contributed by atoms with Crippen molar-refractivity contribution in [2.45, 2.75) is 25.9 Å². The average molecular weight is 265 g/mol. The lowest BCUT2D eigenvalue weighted by molar-refractivity contribution is -0.168. The maximum atomic E-state index is 12.4. The van der Waals surface area contributed by atoms with Crippen molar-refractivity contribution >= 4 is 11.8 Å². The number of hydrogen-bond donors (Lipinski definition) is 0. The van der Waals surface area contributed by atoms with E-state index in [9.17, 15) is 22.8 Å². The molecule has 1 rings (SSSR count). The van der Waals surface area contributed by atoms with Crippen LogP contribution < -0.4 is 0 Å². The van der Waals surface area contributed by atoms with Crippen molar-refractivity contribution in [2.75, 3.05) is 19.7 Å². The quantitative estimate of drug-likeness (QED) is 0.336. The number of halogens is 3. The number of esters is 1. The fraction of sp³-hybridized carbons (Fsp3) is 0.636. The number of ketones is 1. The molecule has 0 aromatic rings. The molecule has 1 fully saturated rings. The van der Waals surface area contributed by atoms with Crippen LogP contribution in [0.4, 0.5) is 13.2 Å². The Balaban J connectivity index is 2.94. The summed E-state index contributed by atoms with van der Waals surface area (Å²) in [6.45, 7) is 2.45. The predicted octanol–water partition coefficient (Wildman–Crippen LogP) is 1.66. The summed E-state index contributed by atoms with van der Waals surface area (Å²) in [6, 6.07) is 0. The lowest BCUT2D eigenvalue weighted by Crippen LogP contribution is -2.31. The third-order valence-electron chi connectivity index (χ3n) is 2.45. The minimum Gasteiger partial charge on any atom is -0.462 e. The van der Waals surface area contributed by atoms with E-state index in [1.54, 1.807) is 0 Å². The SMILES string of the molecule is CCOC(=O)/C(=C\N1CCCC1)C(=O)C(F)(F)F. The highest BCUT2D eigenvalue weighted by Gasteiger charge is 2.43. The molecule has 1 aliphatic heterocycles. The van der Waals surface area contributed by atoms with E-state index in [2.05, 4.69) is 4.74 Å². The lowest BCUT2D eigenvalue weighted by atomic mass is 10.1. The summed E-state index contributed by atoms with van der Waals surface area (Å²) >= 11 is 0. The number of carbonyl (C=O) groups excluding carboxylic acids is 2. The Kier molecular flexibility index (Phi) is 4.75. The summed E-state index contributed by atoms with van der Waals surface area (Å²) in [6.07, 6.45) is -2.46. The van der Waals surface area contributed by atoms with Gasteiger partial charge in [-0.3, -0.25) is 4.79 Å². The van der Waals surface area contributed by atoms with Gasteiger partial charge in [-0.05, 0) is 19.8 Å². The summed E-state index contributed by atoms with van der Waals surface area (Å²) in [4.78, 5) is 24.1. The summed E-state index contributed by atoms with van der Waals surface area (Å²) < 4.78 is 41.5. The molecule has 0 radical (unpaired) electrons. The molecule has 1 aliphatic rings. The third kappa shape index (κ3) is 3.75. The van der Waals surface area contributed by atoms with Gasteiger partial charge in [0.25, 0.3) is 5.78 Å². The number of ether oxygens (including phenoxy) is 1. The van der Waals surface area contributed by atoms with Gasteiger partial charge in [0.05, 0.1) is 6.61 Å². The molecule has 0 saturated carbocycles. The number of Topliss-reactive ketones (excluding diaryl/α,β-unsaturated/α-hetero) is 1. The van der Waals surface area contributed by atoms with Crippen LogP contribution in [0.5, 0.6) is 0 Å². The number of likely N-dealkylation sites (tertiary alicyclic amines) is 1. The van der Waals surface area contributed by atoms with Crippen molar-refractivity contribution in [3.8, 4) is 0 Å². The molecule has 1 saturated heterocycles. The first kappa shape index (κ1) is 14.5. The minimum absolute atomic E-state index is 0.0820. The second kappa shape index (κ2) is 5.88. The van der Waals surface area contributed by atoms with E-state index < -0.39 is 23.5 Å². The molecular weight excluding hydrogens is 251 g/mol. The van der Waals surface area contributed by atoms with Crippen LogP contribution in [0.15, 0.2) is 11.8 Å². The van der Waals surface area contributed by atoms with Crippen LogP contribution in [0, 0.1) is 0 Å². The number of hydrogen-bond acceptors (Lipinski definition) is 4. The Morgan fingerprint density at radius 2 is 1.83 bits per heavy atom. The van der Waals surface area contributed by atoms with Crippen molar-refractivity contribution in [1.82, 2.24) is 4.90 Å². The molecule has 0 bridgehead atoms. The normalized spacial score (nSPS) is 16.9. The fourth-order valence-electron chi connectivity index (χ4n) is 1.62. The molecule has 0 atom stereocenters. The molecule has 102 valence electrons. The number of carbonyl (C=O) groups is 2. The van der Waals surface area contributed by atoms with E-state index in [1.807, 2.05) is 0 Å².